The Morgan fingerprint density at radius 3 is 2.00 bits per heavy atom. The van der Waals surface area contributed by atoms with Crippen molar-refractivity contribution < 1.29 is 9.53 Å². The summed E-state index contributed by atoms with van der Waals surface area (Å²) in [6, 6.07) is 0. The maximum Gasteiger partial charge on any atom is 0.308 e. The molecule has 1 unspecified atom stereocenters. The maximum absolute atomic E-state index is 12.2. The van der Waals surface area contributed by atoms with E-state index in [2.05, 4.69) is 53.5 Å². The van der Waals surface area contributed by atoms with Crippen LogP contribution < -0.4 is 0 Å². The lowest BCUT2D eigenvalue weighted by molar-refractivity contribution is -0.163. The van der Waals surface area contributed by atoms with E-state index in [1.54, 1.807) is 0 Å². The molecule has 1 aliphatic heterocycles. The highest BCUT2D eigenvalue weighted by Gasteiger charge is 2.44. The fraction of sp³-hybridized carbons (Fsp3) is 0.941. The number of hydrogen-bond acceptors (Lipinski definition) is 3. The molecule has 1 rings (SSSR count). The summed E-state index contributed by atoms with van der Waals surface area (Å²) in [6.07, 6.45) is 2.76. The van der Waals surface area contributed by atoms with Crippen molar-refractivity contribution in [3.05, 3.63) is 0 Å². The summed E-state index contributed by atoms with van der Waals surface area (Å²) in [5.41, 5.74) is 0.127. The number of hydrogen-bond donors (Lipinski definition) is 0. The summed E-state index contributed by atoms with van der Waals surface area (Å²) in [5, 5.41) is 0. The van der Waals surface area contributed by atoms with Gasteiger partial charge in [-0.15, -0.1) is 0 Å². The minimum Gasteiger partial charge on any atom is -0.462 e. The smallest absolute Gasteiger partial charge is 0.308 e. The molecule has 0 aromatic carbocycles. The summed E-state index contributed by atoms with van der Waals surface area (Å²) < 4.78 is 5.81. The maximum atomic E-state index is 12.2. The Morgan fingerprint density at radius 2 is 1.60 bits per heavy atom. The van der Waals surface area contributed by atoms with E-state index in [0.29, 0.717) is 5.92 Å². The molecular formula is C17H33NO2. The minimum atomic E-state index is -0.0279. The number of rotatable bonds is 4. The SMILES string of the molecule is CC(C)CC(C)C(=O)OC1CC(C)(C)N(C)C(C)(C)C1. The van der Waals surface area contributed by atoms with E-state index in [1.807, 2.05) is 6.92 Å². The average Bonchev–Trinajstić information content (AvgIpc) is 2.23. The van der Waals surface area contributed by atoms with Gasteiger partial charge >= 0.3 is 5.97 Å². The normalized spacial score (nSPS) is 24.6. The van der Waals surface area contributed by atoms with Crippen LogP contribution in [0.15, 0.2) is 0 Å². The molecule has 118 valence electrons. The molecule has 0 spiro atoms. The Hall–Kier alpha value is -0.570. The fourth-order valence-electron chi connectivity index (χ4n) is 3.45. The second-order valence-electron chi connectivity index (χ2n) is 8.18. The number of esters is 1. The van der Waals surface area contributed by atoms with Crippen molar-refractivity contribution >= 4 is 5.97 Å². The van der Waals surface area contributed by atoms with Gasteiger partial charge in [0.2, 0.25) is 0 Å². The Balaban J connectivity index is 2.67. The number of carbonyl (C=O) groups is 1. The predicted molar refractivity (Wildman–Crippen MR) is 83.7 cm³/mol. The molecule has 0 aromatic heterocycles. The second-order valence-corrected chi connectivity index (χ2v) is 8.18. The molecule has 0 aliphatic carbocycles. The Bertz CT molecular complexity index is 329. The highest BCUT2D eigenvalue weighted by Crippen LogP contribution is 2.38. The van der Waals surface area contributed by atoms with Crippen molar-refractivity contribution in [1.29, 1.82) is 0 Å². The first kappa shape index (κ1) is 17.5. The molecule has 0 bridgehead atoms. The first-order valence-corrected chi connectivity index (χ1v) is 7.90. The number of likely N-dealkylation sites (tertiary alicyclic amines) is 1. The Labute approximate surface area is 125 Å². The molecule has 3 heteroatoms. The van der Waals surface area contributed by atoms with Crippen LogP contribution in [0.5, 0.6) is 0 Å². The number of carbonyl (C=O) groups excluding carboxylic acids is 1. The first-order valence-electron chi connectivity index (χ1n) is 7.90. The van der Waals surface area contributed by atoms with E-state index in [0.717, 1.165) is 19.3 Å². The van der Waals surface area contributed by atoms with Crippen LogP contribution in [-0.2, 0) is 9.53 Å². The molecule has 1 fully saturated rings. The van der Waals surface area contributed by atoms with Crippen molar-refractivity contribution in [2.45, 2.75) is 84.9 Å². The van der Waals surface area contributed by atoms with Crippen LogP contribution in [0.1, 0.15) is 67.7 Å². The Kier molecular flexibility index (Phi) is 5.29. The van der Waals surface area contributed by atoms with E-state index < -0.39 is 0 Å². The van der Waals surface area contributed by atoms with Crippen LogP contribution in [-0.4, -0.2) is 35.1 Å². The van der Waals surface area contributed by atoms with E-state index >= 15 is 0 Å². The molecule has 20 heavy (non-hydrogen) atoms. The lowest BCUT2D eigenvalue weighted by Crippen LogP contribution is -2.60. The molecule has 1 atom stereocenters. The monoisotopic (exact) mass is 283 g/mol. The van der Waals surface area contributed by atoms with Crippen LogP contribution in [0.4, 0.5) is 0 Å². The molecule has 0 saturated carbocycles. The van der Waals surface area contributed by atoms with Gasteiger partial charge in [-0.1, -0.05) is 20.8 Å². The van der Waals surface area contributed by atoms with Gasteiger partial charge in [-0.25, -0.2) is 0 Å². The standard InChI is InChI=1S/C17H33NO2/c1-12(2)9-13(3)15(19)20-14-10-16(4,5)18(8)17(6,7)11-14/h12-14H,9-11H2,1-8H3. The minimum absolute atomic E-state index is 0.000815. The van der Waals surface area contributed by atoms with Crippen LogP contribution in [0, 0.1) is 11.8 Å². The average molecular weight is 283 g/mol. The molecule has 1 saturated heterocycles. The number of nitrogens with zero attached hydrogens (tertiary/aromatic N) is 1. The van der Waals surface area contributed by atoms with Gasteiger partial charge in [0.25, 0.3) is 0 Å². The second kappa shape index (κ2) is 6.05. The number of piperidine rings is 1. The fourth-order valence-corrected chi connectivity index (χ4v) is 3.45. The third-order valence-electron chi connectivity index (χ3n) is 4.78. The van der Waals surface area contributed by atoms with Crippen LogP contribution in [0.25, 0.3) is 0 Å². The summed E-state index contributed by atoms with van der Waals surface area (Å²) in [5.74, 6) is 0.503. The molecule has 1 aliphatic rings. The van der Waals surface area contributed by atoms with Crippen molar-refractivity contribution in [3.8, 4) is 0 Å². The van der Waals surface area contributed by atoms with Gasteiger partial charge in [-0.3, -0.25) is 9.69 Å². The van der Waals surface area contributed by atoms with Crippen molar-refractivity contribution in [2.75, 3.05) is 7.05 Å². The Morgan fingerprint density at radius 1 is 1.15 bits per heavy atom. The zero-order valence-corrected chi connectivity index (χ0v) is 14.6. The molecule has 0 amide bonds. The third-order valence-corrected chi connectivity index (χ3v) is 4.78. The van der Waals surface area contributed by atoms with Gasteiger partial charge in [-0.05, 0) is 47.1 Å². The third kappa shape index (κ3) is 4.21. The van der Waals surface area contributed by atoms with Crippen LogP contribution in [0.2, 0.25) is 0 Å². The topological polar surface area (TPSA) is 29.5 Å². The number of ether oxygens (including phenoxy) is 1. The summed E-state index contributed by atoms with van der Waals surface area (Å²) in [7, 11) is 2.17. The lowest BCUT2D eigenvalue weighted by atomic mass is 9.78. The lowest BCUT2D eigenvalue weighted by Gasteiger charge is -2.53. The summed E-state index contributed by atoms with van der Waals surface area (Å²) >= 11 is 0. The molecular weight excluding hydrogens is 250 g/mol. The van der Waals surface area contributed by atoms with Crippen LogP contribution >= 0.6 is 0 Å². The zero-order valence-electron chi connectivity index (χ0n) is 14.6. The predicted octanol–water partition coefficient (Wildman–Crippen LogP) is 3.86. The molecule has 0 aromatic rings. The molecule has 3 nitrogen and oxygen atoms in total. The van der Waals surface area contributed by atoms with Crippen molar-refractivity contribution in [2.24, 2.45) is 11.8 Å². The van der Waals surface area contributed by atoms with Gasteiger partial charge in [0.05, 0.1) is 5.92 Å². The highest BCUT2D eigenvalue weighted by atomic mass is 16.5. The van der Waals surface area contributed by atoms with Gasteiger partial charge < -0.3 is 4.74 Å². The molecule has 0 radical (unpaired) electrons. The molecule has 0 N–H and O–H groups in total. The summed E-state index contributed by atoms with van der Waals surface area (Å²) in [6.45, 7) is 15.2. The van der Waals surface area contributed by atoms with Crippen molar-refractivity contribution in [3.63, 3.8) is 0 Å². The highest BCUT2D eigenvalue weighted by molar-refractivity contribution is 5.72. The van der Waals surface area contributed by atoms with E-state index in [1.165, 1.54) is 0 Å². The quantitative estimate of drug-likeness (QED) is 0.734. The largest absolute Gasteiger partial charge is 0.462 e. The summed E-state index contributed by atoms with van der Waals surface area (Å²) in [4.78, 5) is 14.6. The molecule has 1 heterocycles. The zero-order chi connectivity index (χ0) is 15.7. The van der Waals surface area contributed by atoms with Gasteiger partial charge in [0, 0.05) is 23.9 Å². The van der Waals surface area contributed by atoms with Gasteiger partial charge in [0.15, 0.2) is 0 Å². The van der Waals surface area contributed by atoms with E-state index in [-0.39, 0.29) is 29.1 Å². The van der Waals surface area contributed by atoms with Gasteiger partial charge in [0.1, 0.15) is 6.10 Å². The van der Waals surface area contributed by atoms with Crippen LogP contribution in [0.3, 0.4) is 0 Å². The van der Waals surface area contributed by atoms with Crippen molar-refractivity contribution in [1.82, 2.24) is 4.90 Å². The van der Waals surface area contributed by atoms with E-state index in [9.17, 15) is 4.79 Å². The van der Waals surface area contributed by atoms with Gasteiger partial charge in [-0.2, -0.15) is 0 Å². The van der Waals surface area contributed by atoms with E-state index in [4.69, 9.17) is 4.74 Å². The first-order chi connectivity index (χ1) is 8.95.